The minimum atomic E-state index is 0.409. The average Bonchev–Trinajstić information content (AvgIpc) is 2.70. The summed E-state index contributed by atoms with van der Waals surface area (Å²) in [6, 6.07) is 10.0. The number of anilines is 2. The number of aromatic nitrogens is 4. The molecular weight excluding hydrogens is 384 g/mol. The highest BCUT2D eigenvalue weighted by Crippen LogP contribution is 2.28. The second kappa shape index (κ2) is 8.84. The Balaban J connectivity index is 1.38. The highest BCUT2D eigenvalue weighted by Gasteiger charge is 2.22. The maximum absolute atomic E-state index is 6.31. The predicted molar refractivity (Wildman–Crippen MR) is 116 cm³/mol. The Morgan fingerprint density at radius 1 is 1.03 bits per heavy atom. The molecular formula is C22H25ClN6. The number of nitrogens with zero attached hydrogens (tertiary/aromatic N) is 5. The molecule has 0 unspecified atom stereocenters. The van der Waals surface area contributed by atoms with Crippen LogP contribution in [-0.2, 0) is 6.54 Å². The average molecular weight is 409 g/mol. The fourth-order valence-corrected chi connectivity index (χ4v) is 3.98. The Hall–Kier alpha value is -2.57. The minimum absolute atomic E-state index is 0.409. The lowest BCUT2D eigenvalue weighted by atomic mass is 9.93. The first kappa shape index (κ1) is 19.7. The molecule has 1 fully saturated rings. The van der Waals surface area contributed by atoms with Crippen LogP contribution in [0.25, 0.3) is 0 Å². The van der Waals surface area contributed by atoms with Crippen LogP contribution in [0.3, 0.4) is 0 Å². The lowest BCUT2D eigenvalue weighted by molar-refractivity contribution is 0.203. The van der Waals surface area contributed by atoms with Crippen LogP contribution in [0.1, 0.15) is 41.4 Å². The van der Waals surface area contributed by atoms with Crippen molar-refractivity contribution in [3.05, 3.63) is 70.4 Å². The standard InChI is InChI=1S/C22H25ClN6/c1-15-11-16(2)26-22(25-15)28-21-13-24-12-20(27-21)17-7-9-29(10-8-17)14-18-5-3-4-6-19(18)23/h3-6,11-13,17H,7-10,14H2,1-2H3,(H,25,26,27,28). The van der Waals surface area contributed by atoms with E-state index in [2.05, 4.69) is 31.2 Å². The van der Waals surface area contributed by atoms with Gasteiger partial charge in [-0.1, -0.05) is 29.8 Å². The number of benzene rings is 1. The number of likely N-dealkylation sites (tertiary alicyclic amines) is 1. The van der Waals surface area contributed by atoms with Gasteiger partial charge in [-0.3, -0.25) is 9.88 Å². The number of rotatable bonds is 5. The quantitative estimate of drug-likeness (QED) is 0.662. The van der Waals surface area contributed by atoms with Crippen molar-refractivity contribution in [1.29, 1.82) is 0 Å². The molecule has 1 N–H and O–H groups in total. The molecule has 1 aromatic carbocycles. The fraction of sp³-hybridized carbons (Fsp3) is 0.364. The predicted octanol–water partition coefficient (Wildman–Crippen LogP) is 4.66. The Morgan fingerprint density at radius 2 is 1.76 bits per heavy atom. The maximum atomic E-state index is 6.31. The van der Waals surface area contributed by atoms with Crippen molar-refractivity contribution in [3.63, 3.8) is 0 Å². The summed E-state index contributed by atoms with van der Waals surface area (Å²) < 4.78 is 0. The highest BCUT2D eigenvalue weighted by atomic mass is 35.5. The lowest BCUT2D eigenvalue weighted by Crippen LogP contribution is -2.32. The van der Waals surface area contributed by atoms with Gasteiger partial charge in [-0.05, 0) is 57.5 Å². The molecule has 0 atom stereocenters. The molecule has 7 heteroatoms. The largest absolute Gasteiger partial charge is 0.307 e. The smallest absolute Gasteiger partial charge is 0.228 e. The van der Waals surface area contributed by atoms with Crippen LogP contribution in [-0.4, -0.2) is 37.9 Å². The molecule has 0 aliphatic carbocycles. The van der Waals surface area contributed by atoms with Crippen LogP contribution in [0.4, 0.5) is 11.8 Å². The SMILES string of the molecule is Cc1cc(C)nc(Nc2cncc(C3CCN(Cc4ccccc4Cl)CC3)n2)n1. The van der Waals surface area contributed by atoms with E-state index < -0.39 is 0 Å². The number of hydrogen-bond acceptors (Lipinski definition) is 6. The highest BCUT2D eigenvalue weighted by molar-refractivity contribution is 6.31. The van der Waals surface area contributed by atoms with E-state index >= 15 is 0 Å². The van der Waals surface area contributed by atoms with Crippen molar-refractivity contribution < 1.29 is 0 Å². The second-order valence-electron chi connectivity index (χ2n) is 7.57. The molecule has 1 saturated heterocycles. The van der Waals surface area contributed by atoms with E-state index in [0.29, 0.717) is 17.7 Å². The van der Waals surface area contributed by atoms with Crippen LogP contribution in [0.2, 0.25) is 5.02 Å². The van der Waals surface area contributed by atoms with E-state index in [1.807, 2.05) is 44.3 Å². The van der Waals surface area contributed by atoms with Crippen molar-refractivity contribution in [2.75, 3.05) is 18.4 Å². The molecule has 1 aliphatic heterocycles. The Morgan fingerprint density at radius 3 is 2.48 bits per heavy atom. The molecule has 3 heterocycles. The summed E-state index contributed by atoms with van der Waals surface area (Å²) in [6.45, 7) is 6.85. The molecule has 1 aliphatic rings. The summed E-state index contributed by atoms with van der Waals surface area (Å²) >= 11 is 6.31. The fourth-order valence-electron chi connectivity index (χ4n) is 3.79. The zero-order valence-electron chi connectivity index (χ0n) is 16.8. The van der Waals surface area contributed by atoms with E-state index in [0.717, 1.165) is 54.6 Å². The molecule has 150 valence electrons. The van der Waals surface area contributed by atoms with Crippen molar-refractivity contribution in [3.8, 4) is 0 Å². The Kier molecular flexibility index (Phi) is 6.02. The van der Waals surface area contributed by atoms with Gasteiger partial charge in [0.1, 0.15) is 0 Å². The molecule has 0 radical (unpaired) electrons. The van der Waals surface area contributed by atoms with Gasteiger partial charge in [-0.25, -0.2) is 15.0 Å². The third-order valence-electron chi connectivity index (χ3n) is 5.23. The number of halogens is 1. The van der Waals surface area contributed by atoms with E-state index in [1.54, 1.807) is 6.20 Å². The molecule has 29 heavy (non-hydrogen) atoms. The number of piperidine rings is 1. The van der Waals surface area contributed by atoms with Gasteiger partial charge < -0.3 is 5.32 Å². The number of aryl methyl sites for hydroxylation is 2. The summed E-state index contributed by atoms with van der Waals surface area (Å²) in [5.74, 6) is 1.65. The summed E-state index contributed by atoms with van der Waals surface area (Å²) in [5.41, 5.74) is 4.06. The molecule has 6 nitrogen and oxygen atoms in total. The maximum Gasteiger partial charge on any atom is 0.228 e. The number of hydrogen-bond donors (Lipinski definition) is 1. The van der Waals surface area contributed by atoms with Crippen molar-refractivity contribution in [2.24, 2.45) is 0 Å². The van der Waals surface area contributed by atoms with Crippen LogP contribution in [0, 0.1) is 13.8 Å². The van der Waals surface area contributed by atoms with Gasteiger partial charge in [-0.2, -0.15) is 0 Å². The van der Waals surface area contributed by atoms with E-state index in [1.165, 1.54) is 5.56 Å². The van der Waals surface area contributed by atoms with Gasteiger partial charge >= 0.3 is 0 Å². The van der Waals surface area contributed by atoms with Gasteiger partial charge in [0, 0.05) is 35.1 Å². The molecule has 3 aromatic rings. The monoisotopic (exact) mass is 408 g/mol. The molecule has 0 saturated carbocycles. The Labute approximate surface area is 176 Å². The first-order chi connectivity index (χ1) is 14.1. The molecule has 0 amide bonds. The molecule has 2 aromatic heterocycles. The van der Waals surface area contributed by atoms with E-state index in [-0.39, 0.29) is 0 Å². The second-order valence-corrected chi connectivity index (χ2v) is 7.98. The zero-order valence-corrected chi connectivity index (χ0v) is 17.5. The van der Waals surface area contributed by atoms with Gasteiger partial charge in [0.25, 0.3) is 0 Å². The summed E-state index contributed by atoms with van der Waals surface area (Å²) in [4.78, 5) is 20.5. The first-order valence-electron chi connectivity index (χ1n) is 9.94. The summed E-state index contributed by atoms with van der Waals surface area (Å²) in [6.07, 6.45) is 5.71. The Bertz CT molecular complexity index is 964. The van der Waals surface area contributed by atoms with Crippen LogP contribution in [0.5, 0.6) is 0 Å². The van der Waals surface area contributed by atoms with E-state index in [9.17, 15) is 0 Å². The van der Waals surface area contributed by atoms with Crippen LogP contribution < -0.4 is 5.32 Å². The summed E-state index contributed by atoms with van der Waals surface area (Å²) in [5, 5.41) is 4.03. The zero-order chi connectivity index (χ0) is 20.2. The summed E-state index contributed by atoms with van der Waals surface area (Å²) in [7, 11) is 0. The minimum Gasteiger partial charge on any atom is -0.307 e. The third kappa shape index (κ3) is 5.08. The van der Waals surface area contributed by atoms with Crippen LogP contribution >= 0.6 is 11.6 Å². The van der Waals surface area contributed by atoms with E-state index in [4.69, 9.17) is 16.6 Å². The van der Waals surface area contributed by atoms with Gasteiger partial charge in [0.2, 0.25) is 5.95 Å². The van der Waals surface area contributed by atoms with Gasteiger partial charge in [0.15, 0.2) is 5.82 Å². The van der Waals surface area contributed by atoms with Gasteiger partial charge in [-0.15, -0.1) is 0 Å². The molecule has 4 rings (SSSR count). The van der Waals surface area contributed by atoms with Crippen molar-refractivity contribution >= 4 is 23.4 Å². The molecule has 0 bridgehead atoms. The third-order valence-corrected chi connectivity index (χ3v) is 5.60. The number of nitrogens with one attached hydrogen (secondary N) is 1. The topological polar surface area (TPSA) is 66.8 Å². The molecule has 0 spiro atoms. The normalized spacial score (nSPS) is 15.4. The van der Waals surface area contributed by atoms with Crippen LogP contribution in [0.15, 0.2) is 42.7 Å². The van der Waals surface area contributed by atoms with Crippen molar-refractivity contribution in [1.82, 2.24) is 24.8 Å². The first-order valence-corrected chi connectivity index (χ1v) is 10.3. The van der Waals surface area contributed by atoms with Gasteiger partial charge in [0.05, 0.1) is 11.9 Å². The van der Waals surface area contributed by atoms with Crippen molar-refractivity contribution in [2.45, 2.75) is 39.2 Å². The lowest BCUT2D eigenvalue weighted by Gasteiger charge is -2.31.